The summed E-state index contributed by atoms with van der Waals surface area (Å²) in [7, 11) is 3.96. The van der Waals surface area contributed by atoms with E-state index in [1.807, 2.05) is 60.0 Å². The molecule has 7 nitrogen and oxygen atoms in total. The SMILES string of the molecule is CN(C)c1ccc(/C=C2/Oc3c(ccc(O)c3CN3C[C@@H]4C[C@H](C3)c3cccc(=O)n3C4)C2=O)cc1. The number of aromatic nitrogens is 1. The molecule has 6 rings (SSSR count). The van der Waals surface area contributed by atoms with Crippen molar-refractivity contribution in [2.75, 3.05) is 32.1 Å². The summed E-state index contributed by atoms with van der Waals surface area (Å²) in [6, 6.07) is 16.6. The van der Waals surface area contributed by atoms with Crippen LogP contribution in [0.5, 0.6) is 11.5 Å². The molecule has 184 valence electrons. The Labute approximate surface area is 209 Å². The van der Waals surface area contributed by atoms with Crippen LogP contribution in [0.1, 0.15) is 39.5 Å². The van der Waals surface area contributed by atoms with E-state index < -0.39 is 0 Å². The summed E-state index contributed by atoms with van der Waals surface area (Å²) >= 11 is 0. The number of pyridine rings is 1. The third-order valence-electron chi connectivity index (χ3n) is 7.56. The number of Topliss-reactive ketones (excluding diaryl/α,β-unsaturated/α-hetero) is 1. The molecule has 1 fully saturated rings. The molecule has 0 saturated carbocycles. The van der Waals surface area contributed by atoms with Crippen LogP contribution in [0.15, 0.2) is 65.2 Å². The Hall–Kier alpha value is -3.84. The van der Waals surface area contributed by atoms with Crippen LogP contribution in [0.4, 0.5) is 5.69 Å². The minimum absolute atomic E-state index is 0.0664. The summed E-state index contributed by atoms with van der Waals surface area (Å²) in [4.78, 5) is 29.8. The first kappa shape index (κ1) is 22.6. The lowest BCUT2D eigenvalue weighted by molar-refractivity contribution is 0.101. The predicted octanol–water partition coefficient (Wildman–Crippen LogP) is 3.86. The minimum Gasteiger partial charge on any atom is -0.507 e. The topological polar surface area (TPSA) is 75.0 Å². The van der Waals surface area contributed by atoms with Crippen molar-refractivity contribution in [3.8, 4) is 11.5 Å². The molecule has 0 unspecified atom stereocenters. The van der Waals surface area contributed by atoms with Crippen molar-refractivity contribution in [1.82, 2.24) is 9.47 Å². The number of ether oxygens (including phenoxy) is 1. The molecule has 0 amide bonds. The van der Waals surface area contributed by atoms with Crippen LogP contribution >= 0.6 is 0 Å². The zero-order valence-corrected chi connectivity index (χ0v) is 20.5. The van der Waals surface area contributed by atoms with Crippen molar-refractivity contribution in [3.05, 3.63) is 93.1 Å². The highest BCUT2D eigenvalue weighted by molar-refractivity contribution is 6.15. The number of phenolic OH excluding ortho intramolecular Hbond substituents is 1. The van der Waals surface area contributed by atoms with Gasteiger partial charge in [-0.1, -0.05) is 18.2 Å². The smallest absolute Gasteiger partial charge is 0.250 e. The fourth-order valence-corrected chi connectivity index (χ4v) is 5.82. The second-order valence-electron chi connectivity index (χ2n) is 10.3. The van der Waals surface area contributed by atoms with E-state index in [4.69, 9.17) is 4.74 Å². The Morgan fingerprint density at radius 2 is 1.83 bits per heavy atom. The fraction of sp³-hybridized carbons (Fsp3) is 0.310. The molecule has 3 aliphatic rings. The molecule has 2 aromatic carbocycles. The van der Waals surface area contributed by atoms with Gasteiger partial charge in [-0.2, -0.15) is 0 Å². The van der Waals surface area contributed by atoms with Crippen LogP contribution in [0, 0.1) is 5.92 Å². The van der Waals surface area contributed by atoms with Crippen molar-refractivity contribution in [2.24, 2.45) is 5.92 Å². The number of anilines is 1. The van der Waals surface area contributed by atoms with E-state index in [1.165, 1.54) is 0 Å². The highest BCUT2D eigenvalue weighted by atomic mass is 16.5. The molecule has 0 radical (unpaired) electrons. The molecule has 36 heavy (non-hydrogen) atoms. The number of carbonyl (C=O) groups excluding carboxylic acids is 1. The summed E-state index contributed by atoms with van der Waals surface area (Å²) < 4.78 is 8.00. The second kappa shape index (κ2) is 8.68. The molecule has 3 aliphatic heterocycles. The molecule has 2 atom stereocenters. The van der Waals surface area contributed by atoms with E-state index in [1.54, 1.807) is 24.3 Å². The van der Waals surface area contributed by atoms with E-state index in [0.717, 1.165) is 43.0 Å². The summed E-state index contributed by atoms with van der Waals surface area (Å²) in [6.45, 7) is 2.82. The van der Waals surface area contributed by atoms with Crippen LogP contribution in [-0.2, 0) is 13.1 Å². The van der Waals surface area contributed by atoms with E-state index in [9.17, 15) is 14.7 Å². The second-order valence-corrected chi connectivity index (χ2v) is 10.3. The van der Waals surface area contributed by atoms with Gasteiger partial charge in [-0.3, -0.25) is 14.5 Å². The first-order valence-corrected chi connectivity index (χ1v) is 12.4. The summed E-state index contributed by atoms with van der Waals surface area (Å²) in [6.07, 6.45) is 2.82. The van der Waals surface area contributed by atoms with Gasteiger partial charge >= 0.3 is 0 Å². The number of likely N-dealkylation sites (tertiary alicyclic amines) is 1. The fourth-order valence-electron chi connectivity index (χ4n) is 5.82. The number of ketones is 1. The molecule has 3 aromatic rings. The normalized spacial score (nSPS) is 21.7. The van der Waals surface area contributed by atoms with Crippen molar-refractivity contribution >= 4 is 17.5 Å². The number of nitrogens with zero attached hydrogens (tertiary/aromatic N) is 3. The number of piperidine rings is 1. The van der Waals surface area contributed by atoms with Gasteiger partial charge in [-0.15, -0.1) is 0 Å². The highest BCUT2D eigenvalue weighted by Crippen LogP contribution is 2.42. The maximum Gasteiger partial charge on any atom is 0.250 e. The molecule has 4 heterocycles. The molecular formula is C29H29N3O4. The molecule has 0 spiro atoms. The van der Waals surface area contributed by atoms with Crippen LogP contribution in [0.25, 0.3) is 6.08 Å². The molecule has 1 saturated heterocycles. The number of aromatic hydroxyl groups is 1. The summed E-state index contributed by atoms with van der Waals surface area (Å²) in [5.41, 5.74) is 4.22. The van der Waals surface area contributed by atoms with Gasteiger partial charge in [-0.25, -0.2) is 0 Å². The van der Waals surface area contributed by atoms with Gasteiger partial charge < -0.3 is 19.3 Å². The lowest BCUT2D eigenvalue weighted by atomic mass is 9.83. The number of allylic oxidation sites excluding steroid dienone is 1. The number of carbonyl (C=O) groups is 1. The van der Waals surface area contributed by atoms with Gasteiger partial charge in [0, 0.05) is 63.6 Å². The zero-order valence-electron chi connectivity index (χ0n) is 20.5. The monoisotopic (exact) mass is 483 g/mol. The molecule has 1 N–H and O–H groups in total. The number of hydrogen-bond donors (Lipinski definition) is 1. The van der Waals surface area contributed by atoms with Gasteiger partial charge in [-0.05, 0) is 54.3 Å². The molecule has 2 bridgehead atoms. The standard InChI is InChI=1S/C29H29N3O4/c1-30(2)21-8-6-18(7-9-21)13-26-28(35)22-10-11-25(33)23(29(22)36-26)17-31-14-19-12-20(16-31)24-4-3-5-27(34)32(24)15-19/h3-11,13,19-20,33H,12,14-17H2,1-2H3/b26-13+/t19-,20+/m0/s1. The Balaban J connectivity index is 1.26. The largest absolute Gasteiger partial charge is 0.507 e. The van der Waals surface area contributed by atoms with Crippen molar-refractivity contribution in [3.63, 3.8) is 0 Å². The predicted molar refractivity (Wildman–Crippen MR) is 139 cm³/mol. The van der Waals surface area contributed by atoms with Crippen molar-refractivity contribution in [2.45, 2.75) is 25.4 Å². The maximum absolute atomic E-state index is 13.1. The van der Waals surface area contributed by atoms with Crippen LogP contribution in [0.3, 0.4) is 0 Å². The van der Waals surface area contributed by atoms with E-state index in [0.29, 0.717) is 29.3 Å². The van der Waals surface area contributed by atoms with E-state index >= 15 is 0 Å². The average Bonchev–Trinajstić information content (AvgIpc) is 3.17. The third kappa shape index (κ3) is 3.89. The third-order valence-corrected chi connectivity index (χ3v) is 7.56. The van der Waals surface area contributed by atoms with Gasteiger partial charge in [0.05, 0.1) is 11.1 Å². The van der Waals surface area contributed by atoms with E-state index in [2.05, 4.69) is 4.90 Å². The first-order valence-electron chi connectivity index (χ1n) is 12.4. The Morgan fingerprint density at radius 3 is 2.61 bits per heavy atom. The van der Waals surface area contributed by atoms with Gasteiger partial charge in [0.15, 0.2) is 5.76 Å². The highest BCUT2D eigenvalue weighted by Gasteiger charge is 2.36. The quantitative estimate of drug-likeness (QED) is 0.568. The summed E-state index contributed by atoms with van der Waals surface area (Å²) in [5, 5.41) is 10.8. The van der Waals surface area contributed by atoms with Gasteiger partial charge in [0.25, 0.3) is 5.56 Å². The molecule has 7 heteroatoms. The lowest BCUT2D eigenvalue weighted by Crippen LogP contribution is -2.46. The number of rotatable bonds is 4. The van der Waals surface area contributed by atoms with Gasteiger partial charge in [0.2, 0.25) is 5.78 Å². The number of phenols is 1. The molecule has 0 aliphatic carbocycles. The maximum atomic E-state index is 13.1. The molecular weight excluding hydrogens is 454 g/mol. The summed E-state index contributed by atoms with van der Waals surface area (Å²) in [5.74, 6) is 1.31. The Morgan fingerprint density at radius 1 is 1.03 bits per heavy atom. The number of benzene rings is 2. The van der Waals surface area contributed by atoms with E-state index in [-0.39, 0.29) is 28.8 Å². The minimum atomic E-state index is -0.174. The zero-order chi connectivity index (χ0) is 25.0. The van der Waals surface area contributed by atoms with Crippen LogP contribution in [-0.4, -0.2) is 47.5 Å². The Kier molecular flexibility index (Phi) is 5.45. The van der Waals surface area contributed by atoms with Crippen LogP contribution in [0.2, 0.25) is 0 Å². The van der Waals surface area contributed by atoms with Crippen molar-refractivity contribution < 1.29 is 14.6 Å². The Bertz CT molecular complexity index is 1440. The lowest BCUT2D eigenvalue weighted by Gasteiger charge is -2.42. The van der Waals surface area contributed by atoms with Gasteiger partial charge in [0.1, 0.15) is 11.5 Å². The van der Waals surface area contributed by atoms with Crippen LogP contribution < -0.4 is 15.2 Å². The average molecular weight is 484 g/mol. The molecule has 1 aromatic heterocycles. The van der Waals surface area contributed by atoms with Crippen molar-refractivity contribution in [1.29, 1.82) is 0 Å². The first-order chi connectivity index (χ1) is 17.4. The number of hydrogen-bond acceptors (Lipinski definition) is 6. The number of fused-ring (bicyclic) bond motifs is 5.